The first-order chi connectivity index (χ1) is 7.72. The maximum absolute atomic E-state index is 5.21. The first-order valence-electron chi connectivity index (χ1n) is 5.40. The van der Waals surface area contributed by atoms with Gasteiger partial charge in [-0.3, -0.25) is 0 Å². The Labute approximate surface area is 103 Å². The Morgan fingerprint density at radius 3 is 2.88 bits per heavy atom. The Hall–Kier alpha value is -1.00. The lowest BCUT2D eigenvalue weighted by molar-refractivity contribution is 0.925. The molecule has 0 bridgehead atoms. The fourth-order valence-electron chi connectivity index (χ4n) is 1.74. The van der Waals surface area contributed by atoms with Gasteiger partial charge < -0.3 is 4.98 Å². The van der Waals surface area contributed by atoms with Gasteiger partial charge in [-0.15, -0.1) is 11.3 Å². The van der Waals surface area contributed by atoms with Crippen LogP contribution >= 0.6 is 23.6 Å². The summed E-state index contributed by atoms with van der Waals surface area (Å²) in [7, 11) is 0. The van der Waals surface area contributed by atoms with Crippen molar-refractivity contribution in [2.24, 2.45) is 0 Å². The summed E-state index contributed by atoms with van der Waals surface area (Å²) >= 11 is 7.00. The molecule has 1 aliphatic carbocycles. The van der Waals surface area contributed by atoms with Gasteiger partial charge >= 0.3 is 0 Å². The van der Waals surface area contributed by atoms with E-state index >= 15 is 0 Å². The molecule has 0 aromatic carbocycles. The molecule has 3 rings (SSSR count). The summed E-state index contributed by atoms with van der Waals surface area (Å²) in [4.78, 5) is 10.4. The van der Waals surface area contributed by atoms with Gasteiger partial charge in [0, 0.05) is 10.8 Å². The molecule has 2 aromatic rings. The van der Waals surface area contributed by atoms with Crippen LogP contribution in [-0.4, -0.2) is 9.97 Å². The van der Waals surface area contributed by atoms with Gasteiger partial charge in [0.2, 0.25) is 0 Å². The number of aryl methyl sites for hydroxylation is 1. The zero-order chi connectivity index (χ0) is 11.1. The molecule has 4 heteroatoms. The van der Waals surface area contributed by atoms with E-state index in [2.05, 4.69) is 29.0 Å². The summed E-state index contributed by atoms with van der Waals surface area (Å²) < 4.78 is 0.696. The summed E-state index contributed by atoms with van der Waals surface area (Å²) in [6.45, 7) is 2.12. The van der Waals surface area contributed by atoms with Crippen LogP contribution in [0.2, 0.25) is 0 Å². The third kappa shape index (κ3) is 1.95. The molecule has 0 aliphatic heterocycles. The van der Waals surface area contributed by atoms with Crippen LogP contribution in [0.4, 0.5) is 0 Å². The zero-order valence-corrected chi connectivity index (χ0v) is 10.6. The molecule has 0 amide bonds. The Kier molecular flexibility index (Phi) is 2.41. The molecule has 0 unspecified atom stereocenters. The Morgan fingerprint density at radius 1 is 1.44 bits per heavy atom. The van der Waals surface area contributed by atoms with E-state index in [1.54, 1.807) is 11.3 Å². The van der Waals surface area contributed by atoms with Crippen LogP contribution in [0, 0.1) is 11.6 Å². The number of aromatic amines is 1. The lowest BCUT2D eigenvalue weighted by Crippen LogP contribution is -1.94. The lowest BCUT2D eigenvalue weighted by atomic mass is 10.3. The molecule has 0 spiro atoms. The third-order valence-electron chi connectivity index (χ3n) is 2.73. The second-order valence-electron chi connectivity index (χ2n) is 4.20. The predicted molar refractivity (Wildman–Crippen MR) is 69.4 cm³/mol. The van der Waals surface area contributed by atoms with Crippen molar-refractivity contribution in [2.75, 3.05) is 0 Å². The van der Waals surface area contributed by atoms with Crippen molar-refractivity contribution < 1.29 is 0 Å². The van der Waals surface area contributed by atoms with Gasteiger partial charge in [0.25, 0.3) is 0 Å². The number of rotatable bonds is 2. The lowest BCUT2D eigenvalue weighted by Gasteiger charge is -2.02. The van der Waals surface area contributed by atoms with Crippen molar-refractivity contribution in [1.29, 1.82) is 0 Å². The molecule has 1 saturated carbocycles. The van der Waals surface area contributed by atoms with Gasteiger partial charge in [0.05, 0.1) is 10.6 Å². The molecule has 0 saturated heterocycles. The summed E-state index contributed by atoms with van der Waals surface area (Å²) in [5.74, 6) is 1.68. The third-order valence-corrected chi connectivity index (χ3v) is 3.97. The Morgan fingerprint density at radius 2 is 2.25 bits per heavy atom. The van der Waals surface area contributed by atoms with E-state index in [1.165, 1.54) is 22.6 Å². The van der Waals surface area contributed by atoms with E-state index in [-0.39, 0.29) is 0 Å². The second-order valence-corrected chi connectivity index (χ2v) is 5.91. The normalized spacial score (nSPS) is 15.3. The molecule has 2 heterocycles. The number of hydrogen-bond donors (Lipinski definition) is 1. The fraction of sp³-hybridized carbons (Fsp3) is 0.333. The van der Waals surface area contributed by atoms with Crippen molar-refractivity contribution >= 4 is 23.6 Å². The van der Waals surface area contributed by atoms with Crippen LogP contribution in [0.1, 0.15) is 29.5 Å². The number of aromatic nitrogens is 2. The van der Waals surface area contributed by atoms with Crippen LogP contribution in [0.5, 0.6) is 0 Å². The molecule has 0 radical (unpaired) electrons. The average molecular weight is 248 g/mol. The second kappa shape index (κ2) is 3.79. The van der Waals surface area contributed by atoms with Gasteiger partial charge in [-0.05, 0) is 38.0 Å². The maximum atomic E-state index is 5.21. The van der Waals surface area contributed by atoms with Crippen molar-refractivity contribution in [1.82, 2.24) is 9.97 Å². The molecule has 2 aromatic heterocycles. The van der Waals surface area contributed by atoms with Crippen molar-refractivity contribution in [2.45, 2.75) is 25.7 Å². The van der Waals surface area contributed by atoms with Crippen LogP contribution in [0.25, 0.3) is 10.6 Å². The van der Waals surface area contributed by atoms with Crippen LogP contribution in [0.15, 0.2) is 18.2 Å². The zero-order valence-electron chi connectivity index (χ0n) is 8.99. The van der Waals surface area contributed by atoms with E-state index in [0.717, 1.165) is 11.5 Å². The summed E-state index contributed by atoms with van der Waals surface area (Å²) in [6.07, 6.45) is 2.48. The summed E-state index contributed by atoms with van der Waals surface area (Å²) in [5, 5.41) is 0. The van der Waals surface area contributed by atoms with Crippen LogP contribution in [0.3, 0.4) is 0 Å². The number of hydrogen-bond acceptors (Lipinski definition) is 3. The smallest absolute Gasteiger partial charge is 0.130 e. The van der Waals surface area contributed by atoms with Gasteiger partial charge in [0.15, 0.2) is 0 Å². The van der Waals surface area contributed by atoms with Crippen LogP contribution < -0.4 is 0 Å². The first kappa shape index (κ1) is 10.2. The number of nitrogens with one attached hydrogen (secondary N) is 1. The predicted octanol–water partition coefficient (Wildman–Crippen LogP) is 4.05. The minimum Gasteiger partial charge on any atom is -0.342 e. The number of H-pyrrole nitrogens is 1. The summed E-state index contributed by atoms with van der Waals surface area (Å²) in [5.41, 5.74) is 1.11. The van der Waals surface area contributed by atoms with Gasteiger partial charge in [-0.1, -0.05) is 12.2 Å². The van der Waals surface area contributed by atoms with Crippen molar-refractivity contribution in [3.05, 3.63) is 33.5 Å². The first-order valence-corrected chi connectivity index (χ1v) is 6.63. The molecule has 1 fully saturated rings. The highest BCUT2D eigenvalue weighted by Gasteiger charge is 2.26. The van der Waals surface area contributed by atoms with E-state index in [1.807, 2.05) is 6.07 Å². The number of nitrogens with zero attached hydrogens (tertiary/aromatic N) is 1. The number of thiophene rings is 1. The largest absolute Gasteiger partial charge is 0.342 e. The molecule has 1 aliphatic rings. The highest BCUT2D eigenvalue weighted by Crippen LogP contribution is 2.38. The topological polar surface area (TPSA) is 28.7 Å². The molecular formula is C12H12N2S2. The SMILES string of the molecule is Cc1ccc(-c2cc(=S)nc(C3CC3)[nH]2)s1. The molecule has 0 atom stereocenters. The minimum atomic E-state index is 0.614. The van der Waals surface area contributed by atoms with Crippen molar-refractivity contribution in [3.8, 4) is 10.6 Å². The minimum absolute atomic E-state index is 0.614. The molecular weight excluding hydrogens is 236 g/mol. The fourth-order valence-corrected chi connectivity index (χ4v) is 2.79. The van der Waals surface area contributed by atoms with Crippen molar-refractivity contribution in [3.63, 3.8) is 0 Å². The summed E-state index contributed by atoms with van der Waals surface area (Å²) in [6, 6.07) is 6.22. The van der Waals surface area contributed by atoms with Crippen LogP contribution in [-0.2, 0) is 0 Å². The highest BCUT2D eigenvalue weighted by atomic mass is 32.1. The Balaban J connectivity index is 2.09. The molecule has 2 nitrogen and oxygen atoms in total. The van der Waals surface area contributed by atoms with E-state index in [0.29, 0.717) is 10.6 Å². The standard InChI is InChI=1S/C12H12N2S2/c1-7-2-5-10(16-7)9-6-11(15)14-12(13-9)8-3-4-8/h2,5-6,8H,3-4H2,1H3,(H,13,14,15). The molecule has 1 N–H and O–H groups in total. The molecule has 16 heavy (non-hydrogen) atoms. The Bertz CT molecular complexity index is 579. The van der Waals surface area contributed by atoms with Gasteiger partial charge in [-0.25, -0.2) is 4.98 Å². The van der Waals surface area contributed by atoms with E-state index in [4.69, 9.17) is 12.2 Å². The van der Waals surface area contributed by atoms with Gasteiger partial charge in [-0.2, -0.15) is 0 Å². The highest BCUT2D eigenvalue weighted by molar-refractivity contribution is 7.71. The maximum Gasteiger partial charge on any atom is 0.130 e. The van der Waals surface area contributed by atoms with E-state index in [9.17, 15) is 0 Å². The quantitative estimate of drug-likeness (QED) is 0.812. The monoisotopic (exact) mass is 248 g/mol. The van der Waals surface area contributed by atoms with Gasteiger partial charge in [0.1, 0.15) is 10.5 Å². The van der Waals surface area contributed by atoms with E-state index < -0.39 is 0 Å². The average Bonchev–Trinajstić information content (AvgIpc) is 3.01. The molecule has 82 valence electrons.